The van der Waals surface area contributed by atoms with Crippen molar-refractivity contribution in [3.05, 3.63) is 17.5 Å². The normalized spacial score (nSPS) is 17.0. The molecule has 0 spiro atoms. The molecule has 5 nitrogen and oxygen atoms in total. The zero-order valence-electron chi connectivity index (χ0n) is 12.2. The second-order valence-electron chi connectivity index (χ2n) is 5.35. The number of aromatic nitrogens is 2. The van der Waals surface area contributed by atoms with Crippen molar-refractivity contribution >= 4 is 5.91 Å². The minimum Gasteiger partial charge on any atom is -0.341 e. The summed E-state index contributed by atoms with van der Waals surface area (Å²) < 4.78 is 76.3. The SMILES string of the molecule is N#CC1CCN(C(=O)Cn2nc(C(F)(F)F)cc2C(F)(F)F)CC1. The number of carbonyl (C=O) groups is 1. The summed E-state index contributed by atoms with van der Waals surface area (Å²) in [6.07, 6.45) is -9.35. The highest BCUT2D eigenvalue weighted by molar-refractivity contribution is 5.76. The number of rotatable bonds is 2. The smallest absolute Gasteiger partial charge is 0.341 e. The molecule has 2 rings (SSSR count). The van der Waals surface area contributed by atoms with E-state index in [1.807, 2.05) is 6.07 Å². The Kier molecular flexibility index (Phi) is 4.77. The van der Waals surface area contributed by atoms with Gasteiger partial charge in [0.25, 0.3) is 0 Å². The number of hydrogen-bond donors (Lipinski definition) is 0. The van der Waals surface area contributed by atoms with E-state index in [9.17, 15) is 31.1 Å². The van der Waals surface area contributed by atoms with Crippen LogP contribution in [0.1, 0.15) is 24.2 Å². The van der Waals surface area contributed by atoms with Crippen LogP contribution in [0.4, 0.5) is 26.3 Å². The van der Waals surface area contributed by atoms with E-state index in [-0.39, 0.29) is 29.8 Å². The van der Waals surface area contributed by atoms with Gasteiger partial charge in [0, 0.05) is 25.1 Å². The Hall–Kier alpha value is -2.25. The minimum absolute atomic E-state index is 0.0293. The fraction of sp³-hybridized carbons (Fsp3) is 0.615. The van der Waals surface area contributed by atoms with Crippen molar-refractivity contribution in [2.75, 3.05) is 13.1 Å². The van der Waals surface area contributed by atoms with Crippen molar-refractivity contribution in [3.8, 4) is 6.07 Å². The minimum atomic E-state index is -5.06. The van der Waals surface area contributed by atoms with Crippen molar-refractivity contribution in [1.82, 2.24) is 14.7 Å². The van der Waals surface area contributed by atoms with Gasteiger partial charge in [-0.2, -0.15) is 36.7 Å². The average molecular weight is 354 g/mol. The molecule has 1 aromatic rings. The van der Waals surface area contributed by atoms with Crippen molar-refractivity contribution < 1.29 is 31.1 Å². The molecule has 1 aromatic heterocycles. The molecule has 0 saturated carbocycles. The lowest BCUT2D eigenvalue weighted by Crippen LogP contribution is -2.40. The van der Waals surface area contributed by atoms with E-state index >= 15 is 0 Å². The Morgan fingerprint density at radius 3 is 2.25 bits per heavy atom. The van der Waals surface area contributed by atoms with Crippen LogP contribution in [-0.2, 0) is 23.7 Å². The Morgan fingerprint density at radius 1 is 1.21 bits per heavy atom. The summed E-state index contributed by atoms with van der Waals surface area (Å²) in [7, 11) is 0. The van der Waals surface area contributed by atoms with Gasteiger partial charge in [-0.1, -0.05) is 0 Å². The fourth-order valence-corrected chi connectivity index (χ4v) is 2.39. The number of carbonyl (C=O) groups excluding carboxylic acids is 1. The Labute approximate surface area is 132 Å². The predicted molar refractivity (Wildman–Crippen MR) is 67.1 cm³/mol. The third-order valence-corrected chi connectivity index (χ3v) is 3.68. The van der Waals surface area contributed by atoms with E-state index in [0.717, 1.165) is 0 Å². The van der Waals surface area contributed by atoms with Crippen LogP contribution in [-0.4, -0.2) is 33.7 Å². The van der Waals surface area contributed by atoms with Crippen LogP contribution in [0.15, 0.2) is 6.07 Å². The molecule has 0 N–H and O–H groups in total. The highest BCUT2D eigenvalue weighted by atomic mass is 19.4. The number of nitrogens with zero attached hydrogens (tertiary/aromatic N) is 4. The van der Waals surface area contributed by atoms with Crippen LogP contribution >= 0.6 is 0 Å². The number of hydrogen-bond acceptors (Lipinski definition) is 3. The molecule has 0 aromatic carbocycles. The average Bonchev–Trinajstić information content (AvgIpc) is 2.91. The number of halogens is 6. The zero-order valence-corrected chi connectivity index (χ0v) is 12.2. The topological polar surface area (TPSA) is 61.9 Å². The molecule has 1 fully saturated rings. The van der Waals surface area contributed by atoms with Crippen LogP contribution < -0.4 is 0 Å². The molecule has 0 bridgehead atoms. The number of likely N-dealkylation sites (tertiary alicyclic amines) is 1. The van der Waals surface area contributed by atoms with Crippen LogP contribution in [0.2, 0.25) is 0 Å². The van der Waals surface area contributed by atoms with Gasteiger partial charge < -0.3 is 4.90 Å². The maximum atomic E-state index is 12.9. The van der Waals surface area contributed by atoms with Gasteiger partial charge in [0.05, 0.1) is 6.07 Å². The third-order valence-electron chi connectivity index (χ3n) is 3.68. The zero-order chi connectivity index (χ0) is 18.1. The second kappa shape index (κ2) is 6.33. The Balaban J connectivity index is 2.18. The van der Waals surface area contributed by atoms with Gasteiger partial charge in [0.2, 0.25) is 5.91 Å². The van der Waals surface area contributed by atoms with E-state index in [1.165, 1.54) is 4.90 Å². The molecule has 0 unspecified atom stereocenters. The molecule has 2 heterocycles. The summed E-state index contributed by atoms with van der Waals surface area (Å²) >= 11 is 0. The number of amides is 1. The lowest BCUT2D eigenvalue weighted by molar-refractivity contribution is -0.146. The highest BCUT2D eigenvalue weighted by Crippen LogP contribution is 2.35. The first kappa shape index (κ1) is 18.1. The first-order valence-corrected chi connectivity index (χ1v) is 6.92. The summed E-state index contributed by atoms with van der Waals surface area (Å²) in [6, 6.07) is 1.92. The summed E-state index contributed by atoms with van der Waals surface area (Å²) in [5.74, 6) is -1.00. The maximum absolute atomic E-state index is 12.9. The van der Waals surface area contributed by atoms with Gasteiger partial charge in [-0.3, -0.25) is 9.48 Å². The molecular weight excluding hydrogens is 342 g/mol. The molecule has 24 heavy (non-hydrogen) atoms. The molecule has 0 aliphatic carbocycles. The molecule has 11 heteroatoms. The second-order valence-corrected chi connectivity index (χ2v) is 5.35. The Bertz CT molecular complexity index is 649. The molecule has 0 atom stereocenters. The van der Waals surface area contributed by atoms with E-state index in [4.69, 9.17) is 5.26 Å². The quantitative estimate of drug-likeness (QED) is 0.767. The van der Waals surface area contributed by atoms with Crippen LogP contribution in [0.5, 0.6) is 0 Å². The van der Waals surface area contributed by atoms with Gasteiger partial charge in [0.15, 0.2) is 5.69 Å². The first-order valence-electron chi connectivity index (χ1n) is 6.92. The predicted octanol–water partition coefficient (Wildman–Crippen LogP) is 2.68. The maximum Gasteiger partial charge on any atom is 0.435 e. The molecule has 1 aliphatic rings. The van der Waals surface area contributed by atoms with E-state index < -0.39 is 36.2 Å². The van der Waals surface area contributed by atoms with Gasteiger partial charge >= 0.3 is 12.4 Å². The lowest BCUT2D eigenvalue weighted by atomic mass is 9.99. The van der Waals surface area contributed by atoms with Gasteiger partial charge in [-0.15, -0.1) is 0 Å². The van der Waals surface area contributed by atoms with E-state index in [2.05, 4.69) is 5.10 Å². The van der Waals surface area contributed by atoms with E-state index in [1.54, 1.807) is 0 Å². The van der Waals surface area contributed by atoms with Crippen molar-refractivity contribution in [2.45, 2.75) is 31.7 Å². The van der Waals surface area contributed by atoms with Crippen molar-refractivity contribution in [3.63, 3.8) is 0 Å². The fourth-order valence-electron chi connectivity index (χ4n) is 2.39. The number of piperidine rings is 1. The third kappa shape index (κ3) is 3.98. The van der Waals surface area contributed by atoms with Crippen LogP contribution in [0.3, 0.4) is 0 Å². The summed E-state index contributed by atoms with van der Waals surface area (Å²) in [5.41, 5.74) is -3.33. The summed E-state index contributed by atoms with van der Waals surface area (Å²) in [6.45, 7) is -0.597. The highest BCUT2D eigenvalue weighted by Gasteiger charge is 2.42. The van der Waals surface area contributed by atoms with Crippen LogP contribution in [0, 0.1) is 17.2 Å². The Morgan fingerprint density at radius 2 is 1.79 bits per heavy atom. The van der Waals surface area contributed by atoms with Gasteiger partial charge in [-0.05, 0) is 12.8 Å². The lowest BCUT2D eigenvalue weighted by Gasteiger charge is -2.29. The van der Waals surface area contributed by atoms with Crippen molar-refractivity contribution in [2.24, 2.45) is 5.92 Å². The van der Waals surface area contributed by atoms with Gasteiger partial charge in [0.1, 0.15) is 12.2 Å². The molecular formula is C13H12F6N4O. The summed E-state index contributed by atoms with van der Waals surface area (Å²) in [4.78, 5) is 13.3. The standard InChI is InChI=1S/C13H12F6N4O/c14-12(15,16)9-5-10(13(17,18)19)23(21-9)7-11(24)22-3-1-8(6-20)2-4-22/h5,8H,1-4,7H2. The molecule has 1 saturated heterocycles. The van der Waals surface area contributed by atoms with Gasteiger partial charge in [-0.25, -0.2) is 0 Å². The summed E-state index contributed by atoms with van der Waals surface area (Å²) in [5, 5.41) is 11.6. The first-order chi connectivity index (χ1) is 11.0. The number of nitriles is 1. The largest absolute Gasteiger partial charge is 0.435 e. The van der Waals surface area contributed by atoms with Crippen LogP contribution in [0.25, 0.3) is 0 Å². The molecule has 132 valence electrons. The van der Waals surface area contributed by atoms with E-state index in [0.29, 0.717) is 12.8 Å². The molecule has 0 radical (unpaired) electrons. The molecule has 1 aliphatic heterocycles. The monoisotopic (exact) mass is 354 g/mol. The number of alkyl halides is 6. The van der Waals surface area contributed by atoms with Crippen molar-refractivity contribution in [1.29, 1.82) is 5.26 Å². The molecule has 1 amide bonds.